The van der Waals surface area contributed by atoms with E-state index in [4.69, 9.17) is 5.73 Å². The lowest BCUT2D eigenvalue weighted by atomic mass is 10.1. The molecule has 0 spiro atoms. The number of nitrogen functional groups attached to an aromatic ring is 1. The van der Waals surface area contributed by atoms with Crippen molar-refractivity contribution in [2.75, 3.05) is 32.4 Å². The maximum Gasteiger partial charge on any atom is 0.123 e. The molecule has 4 nitrogen and oxygen atoms in total. The van der Waals surface area contributed by atoms with E-state index in [9.17, 15) is 0 Å². The minimum absolute atomic E-state index is 0.603. The van der Waals surface area contributed by atoms with E-state index in [0.717, 1.165) is 25.6 Å². The number of pyridine rings is 1. The fourth-order valence-corrected chi connectivity index (χ4v) is 3.46. The van der Waals surface area contributed by atoms with Crippen LogP contribution in [0, 0.1) is 5.92 Å². The number of rotatable bonds is 6. The highest BCUT2D eigenvalue weighted by Gasteiger charge is 2.23. The lowest BCUT2D eigenvalue weighted by Crippen LogP contribution is -2.28. The van der Waals surface area contributed by atoms with Crippen molar-refractivity contribution < 1.29 is 0 Å². The van der Waals surface area contributed by atoms with E-state index in [2.05, 4.69) is 52.2 Å². The molecule has 23 heavy (non-hydrogen) atoms. The van der Waals surface area contributed by atoms with Gasteiger partial charge in [-0.05, 0) is 49.2 Å². The summed E-state index contributed by atoms with van der Waals surface area (Å²) in [6.07, 6.45) is 3.07. The number of nitrogens with two attached hydrogens (primary N) is 1. The van der Waals surface area contributed by atoms with Crippen molar-refractivity contribution in [2.45, 2.75) is 19.5 Å². The monoisotopic (exact) mass is 310 g/mol. The van der Waals surface area contributed by atoms with Gasteiger partial charge in [0.1, 0.15) is 5.82 Å². The molecular weight excluding hydrogens is 284 g/mol. The highest BCUT2D eigenvalue weighted by atomic mass is 15.2. The average Bonchev–Trinajstić information content (AvgIpc) is 2.95. The molecule has 1 fully saturated rings. The van der Waals surface area contributed by atoms with Gasteiger partial charge < -0.3 is 10.6 Å². The number of nitrogens with zero attached hydrogens (tertiary/aromatic N) is 3. The van der Waals surface area contributed by atoms with E-state index in [1.165, 1.54) is 30.6 Å². The van der Waals surface area contributed by atoms with Crippen LogP contribution >= 0.6 is 0 Å². The van der Waals surface area contributed by atoms with Gasteiger partial charge in [-0.1, -0.05) is 30.3 Å². The molecule has 2 N–H and O–H groups in total. The molecule has 1 aromatic heterocycles. The molecule has 4 heteroatoms. The van der Waals surface area contributed by atoms with Gasteiger partial charge in [-0.15, -0.1) is 0 Å². The quantitative estimate of drug-likeness (QED) is 0.891. The van der Waals surface area contributed by atoms with E-state index in [1.807, 2.05) is 12.1 Å². The van der Waals surface area contributed by atoms with Crippen LogP contribution in [0.15, 0.2) is 48.7 Å². The molecule has 1 aliphatic rings. The van der Waals surface area contributed by atoms with Crippen LogP contribution < -0.4 is 5.73 Å². The Balaban J connectivity index is 1.46. The summed E-state index contributed by atoms with van der Waals surface area (Å²) in [6, 6.07) is 14.8. The van der Waals surface area contributed by atoms with Crippen LogP contribution in [0.25, 0.3) is 0 Å². The summed E-state index contributed by atoms with van der Waals surface area (Å²) in [4.78, 5) is 9.01. The molecule has 0 bridgehead atoms. The van der Waals surface area contributed by atoms with Crippen molar-refractivity contribution in [3.05, 3.63) is 59.8 Å². The van der Waals surface area contributed by atoms with Crippen molar-refractivity contribution in [1.29, 1.82) is 0 Å². The Morgan fingerprint density at radius 2 is 2.04 bits per heavy atom. The fraction of sp³-hybridized carbons (Fsp3) is 0.421. The number of hydrogen-bond acceptors (Lipinski definition) is 4. The zero-order valence-corrected chi connectivity index (χ0v) is 13.9. The Morgan fingerprint density at radius 3 is 2.83 bits per heavy atom. The first-order chi connectivity index (χ1) is 11.2. The van der Waals surface area contributed by atoms with Gasteiger partial charge in [0.05, 0.1) is 0 Å². The fourth-order valence-electron chi connectivity index (χ4n) is 3.46. The second-order valence-electron chi connectivity index (χ2n) is 6.66. The Hall–Kier alpha value is -1.91. The van der Waals surface area contributed by atoms with Gasteiger partial charge in [-0.25, -0.2) is 4.98 Å². The van der Waals surface area contributed by atoms with Crippen LogP contribution in [-0.2, 0) is 13.1 Å². The summed E-state index contributed by atoms with van der Waals surface area (Å²) in [5.74, 6) is 1.36. The van der Waals surface area contributed by atoms with Gasteiger partial charge in [0.2, 0.25) is 0 Å². The lowest BCUT2D eigenvalue weighted by Gasteiger charge is -2.22. The largest absolute Gasteiger partial charge is 0.384 e. The van der Waals surface area contributed by atoms with Crippen LogP contribution in [0.1, 0.15) is 17.5 Å². The first-order valence-corrected chi connectivity index (χ1v) is 8.34. The molecule has 122 valence electrons. The van der Waals surface area contributed by atoms with E-state index in [-0.39, 0.29) is 0 Å². The summed E-state index contributed by atoms with van der Waals surface area (Å²) < 4.78 is 0. The van der Waals surface area contributed by atoms with Crippen molar-refractivity contribution >= 4 is 5.82 Å². The van der Waals surface area contributed by atoms with Crippen LogP contribution in [0.2, 0.25) is 0 Å². The summed E-state index contributed by atoms with van der Waals surface area (Å²) in [5.41, 5.74) is 8.40. The highest BCUT2D eigenvalue weighted by Crippen LogP contribution is 2.20. The van der Waals surface area contributed by atoms with Crippen molar-refractivity contribution in [3.63, 3.8) is 0 Å². The zero-order valence-electron chi connectivity index (χ0n) is 13.9. The third kappa shape index (κ3) is 4.78. The van der Waals surface area contributed by atoms with Crippen molar-refractivity contribution in [2.24, 2.45) is 5.92 Å². The Kier molecular flexibility index (Phi) is 5.26. The van der Waals surface area contributed by atoms with Gasteiger partial charge in [0, 0.05) is 32.4 Å². The first kappa shape index (κ1) is 16.0. The summed E-state index contributed by atoms with van der Waals surface area (Å²) >= 11 is 0. The van der Waals surface area contributed by atoms with E-state index < -0.39 is 0 Å². The summed E-state index contributed by atoms with van der Waals surface area (Å²) in [5, 5.41) is 0. The molecule has 1 aromatic carbocycles. The van der Waals surface area contributed by atoms with Gasteiger partial charge in [0.25, 0.3) is 0 Å². The van der Waals surface area contributed by atoms with Gasteiger partial charge in [0.15, 0.2) is 0 Å². The summed E-state index contributed by atoms with van der Waals surface area (Å²) in [6.45, 7) is 5.53. The van der Waals surface area contributed by atoms with E-state index in [1.54, 1.807) is 6.20 Å². The number of aromatic nitrogens is 1. The molecule has 0 radical (unpaired) electrons. The number of likely N-dealkylation sites (tertiary alicyclic amines) is 1. The Labute approximate surface area is 138 Å². The van der Waals surface area contributed by atoms with E-state index in [0.29, 0.717) is 5.82 Å². The van der Waals surface area contributed by atoms with Gasteiger partial charge in [-0.3, -0.25) is 4.90 Å². The predicted octanol–water partition coefficient (Wildman–Crippen LogP) is 2.62. The molecule has 0 amide bonds. The van der Waals surface area contributed by atoms with Crippen molar-refractivity contribution in [1.82, 2.24) is 14.8 Å². The molecule has 1 atom stereocenters. The molecule has 2 aromatic rings. The van der Waals surface area contributed by atoms with Gasteiger partial charge in [-0.2, -0.15) is 0 Å². The second kappa shape index (κ2) is 7.57. The smallest absolute Gasteiger partial charge is 0.123 e. The Bertz CT molecular complexity index is 614. The minimum Gasteiger partial charge on any atom is -0.384 e. The molecule has 0 saturated carbocycles. The third-order valence-electron chi connectivity index (χ3n) is 4.49. The SMILES string of the molecule is CN(Cc1ccnc(N)c1)C[C@H]1CCN(Cc2ccccc2)C1. The normalized spacial score (nSPS) is 18.6. The van der Waals surface area contributed by atoms with Crippen molar-refractivity contribution in [3.8, 4) is 0 Å². The maximum absolute atomic E-state index is 5.75. The van der Waals surface area contributed by atoms with Crippen LogP contribution in [0.3, 0.4) is 0 Å². The molecule has 3 rings (SSSR count). The molecular formula is C19H26N4. The minimum atomic E-state index is 0.603. The standard InChI is InChI=1S/C19H26N4/c1-22(12-17-7-9-21-19(20)11-17)13-18-8-10-23(15-18)14-16-5-3-2-4-6-16/h2-7,9,11,18H,8,10,12-15H2,1H3,(H2,20,21)/t18-/m1/s1. The lowest BCUT2D eigenvalue weighted by molar-refractivity contribution is 0.255. The van der Waals surface area contributed by atoms with Gasteiger partial charge >= 0.3 is 0 Å². The zero-order chi connectivity index (χ0) is 16.1. The molecule has 1 aliphatic heterocycles. The number of benzene rings is 1. The second-order valence-corrected chi connectivity index (χ2v) is 6.66. The molecule has 0 aliphatic carbocycles. The highest BCUT2D eigenvalue weighted by molar-refractivity contribution is 5.31. The average molecular weight is 310 g/mol. The predicted molar refractivity (Wildman–Crippen MR) is 94.8 cm³/mol. The molecule has 2 heterocycles. The first-order valence-electron chi connectivity index (χ1n) is 8.34. The third-order valence-corrected chi connectivity index (χ3v) is 4.49. The summed E-state index contributed by atoms with van der Waals surface area (Å²) in [7, 11) is 2.19. The van der Waals surface area contributed by atoms with Crippen LogP contribution in [0.5, 0.6) is 0 Å². The van der Waals surface area contributed by atoms with Crippen LogP contribution in [0.4, 0.5) is 5.82 Å². The van der Waals surface area contributed by atoms with E-state index >= 15 is 0 Å². The number of hydrogen-bond donors (Lipinski definition) is 1. The maximum atomic E-state index is 5.75. The Morgan fingerprint density at radius 1 is 1.22 bits per heavy atom. The molecule has 1 saturated heterocycles. The molecule has 0 unspecified atom stereocenters. The van der Waals surface area contributed by atoms with Crippen LogP contribution in [-0.4, -0.2) is 41.5 Å². The number of anilines is 1. The topological polar surface area (TPSA) is 45.4 Å².